The van der Waals surface area contributed by atoms with E-state index >= 15 is 0 Å². The lowest BCUT2D eigenvalue weighted by molar-refractivity contribution is 0.435. The molecule has 0 N–H and O–H groups in total. The number of rotatable bonds is 3. The second-order valence-electron chi connectivity index (χ2n) is 14.4. The molecule has 0 radical (unpaired) electrons. The van der Waals surface area contributed by atoms with Gasteiger partial charge in [-0.15, -0.1) is 11.3 Å². The van der Waals surface area contributed by atoms with Gasteiger partial charge in [-0.2, -0.15) is 0 Å². The standard InChI is InChI=1S/C51H31NOS/c1-2-16-35(17-3-1)52(37-24-26-39-41-28-33-12-4-5-13-34(33)29-48(41)54-49(39)31-37)36-25-27-47-45(30-36)51(43-21-8-9-23-46(43)53-47)42-20-7-6-18-38(42)40-19-10-14-32-15-11-22-44(51)50(32)40/h1-31H. The van der Waals surface area contributed by atoms with Crippen molar-refractivity contribution in [1.82, 2.24) is 0 Å². The van der Waals surface area contributed by atoms with Crippen LogP contribution in [0.2, 0.25) is 0 Å². The summed E-state index contributed by atoms with van der Waals surface area (Å²) < 4.78 is 9.44. The molecule has 0 bridgehead atoms. The molecule has 0 amide bonds. The third kappa shape index (κ3) is 4.05. The normalized spacial score (nSPS) is 15.3. The first-order valence-corrected chi connectivity index (χ1v) is 19.3. The van der Waals surface area contributed by atoms with Gasteiger partial charge in [-0.3, -0.25) is 0 Å². The van der Waals surface area contributed by atoms with Gasteiger partial charge in [-0.05, 0) is 104 Å². The van der Waals surface area contributed by atoms with Crippen LogP contribution in [0.5, 0.6) is 11.5 Å². The first-order chi connectivity index (χ1) is 26.8. The summed E-state index contributed by atoms with van der Waals surface area (Å²) in [4.78, 5) is 2.40. The summed E-state index contributed by atoms with van der Waals surface area (Å²) in [6, 6.07) is 69.0. The number of fused-ring (bicyclic) bond motifs is 12. The first kappa shape index (κ1) is 29.9. The van der Waals surface area contributed by atoms with Crippen molar-refractivity contribution in [3.63, 3.8) is 0 Å². The van der Waals surface area contributed by atoms with Crippen molar-refractivity contribution < 1.29 is 4.74 Å². The smallest absolute Gasteiger partial charge is 0.132 e. The Bertz CT molecular complexity index is 3160. The van der Waals surface area contributed by atoms with Gasteiger partial charge in [0.25, 0.3) is 0 Å². The van der Waals surface area contributed by atoms with E-state index < -0.39 is 5.41 Å². The van der Waals surface area contributed by atoms with Crippen LogP contribution in [0.15, 0.2) is 188 Å². The predicted octanol–water partition coefficient (Wildman–Crippen LogP) is 14.3. The summed E-state index contributed by atoms with van der Waals surface area (Å²) in [5.74, 6) is 1.77. The van der Waals surface area contributed by atoms with Gasteiger partial charge in [-0.1, -0.05) is 127 Å². The lowest BCUT2D eigenvalue weighted by Gasteiger charge is -2.45. The van der Waals surface area contributed by atoms with Gasteiger partial charge < -0.3 is 9.64 Å². The van der Waals surface area contributed by atoms with E-state index in [4.69, 9.17) is 4.74 Å². The zero-order chi connectivity index (χ0) is 35.4. The summed E-state index contributed by atoms with van der Waals surface area (Å²) in [6.07, 6.45) is 0. The second-order valence-corrected chi connectivity index (χ2v) is 15.5. The molecule has 252 valence electrons. The molecule has 2 heterocycles. The van der Waals surface area contributed by atoms with Gasteiger partial charge in [-0.25, -0.2) is 0 Å². The number of hydrogen-bond donors (Lipinski definition) is 0. The van der Waals surface area contributed by atoms with E-state index in [0.29, 0.717) is 0 Å². The Morgan fingerprint density at radius 3 is 1.91 bits per heavy atom. The molecule has 9 aromatic carbocycles. The topological polar surface area (TPSA) is 12.5 Å². The van der Waals surface area contributed by atoms with Gasteiger partial charge in [0.05, 0.1) is 5.41 Å². The third-order valence-electron chi connectivity index (χ3n) is 11.7. The lowest BCUT2D eigenvalue weighted by atomic mass is 9.58. The lowest BCUT2D eigenvalue weighted by Crippen LogP contribution is -2.36. The van der Waals surface area contributed by atoms with E-state index in [1.54, 1.807) is 0 Å². The molecule has 1 unspecified atom stereocenters. The Kier molecular flexibility index (Phi) is 6.17. The van der Waals surface area contributed by atoms with E-state index in [2.05, 4.69) is 193 Å². The molecule has 10 aromatic rings. The van der Waals surface area contributed by atoms with Gasteiger partial charge >= 0.3 is 0 Å². The van der Waals surface area contributed by atoms with Crippen LogP contribution < -0.4 is 9.64 Å². The Labute approximate surface area is 316 Å². The van der Waals surface area contributed by atoms with Crippen LogP contribution >= 0.6 is 11.3 Å². The minimum atomic E-state index is -0.607. The van der Waals surface area contributed by atoms with Crippen molar-refractivity contribution in [3.8, 4) is 22.6 Å². The Hall–Kier alpha value is -6.68. The van der Waals surface area contributed by atoms with E-state index in [-0.39, 0.29) is 0 Å². The Morgan fingerprint density at radius 1 is 0.389 bits per heavy atom. The van der Waals surface area contributed by atoms with Crippen LogP contribution in [0, 0.1) is 0 Å². The molecule has 12 rings (SSSR count). The quantitative estimate of drug-likeness (QED) is 0.181. The van der Waals surface area contributed by atoms with Crippen molar-refractivity contribution in [2.24, 2.45) is 0 Å². The van der Waals surface area contributed by atoms with E-state index in [0.717, 1.165) is 39.7 Å². The summed E-state index contributed by atoms with van der Waals surface area (Å²) in [5, 5.41) is 7.69. The maximum Gasteiger partial charge on any atom is 0.132 e. The average molecular weight is 706 g/mol. The number of nitrogens with zero attached hydrogens (tertiary/aromatic N) is 1. The molecule has 0 saturated carbocycles. The van der Waals surface area contributed by atoms with Gasteiger partial charge in [0.15, 0.2) is 0 Å². The maximum absolute atomic E-state index is 6.86. The van der Waals surface area contributed by atoms with Crippen molar-refractivity contribution in [1.29, 1.82) is 0 Å². The monoisotopic (exact) mass is 705 g/mol. The SMILES string of the molecule is c1ccc(N(c2ccc3c(c2)C2(c4ccccc4O3)c3ccccc3-c3cccc4cccc2c34)c2ccc3c(c2)sc2cc4ccccc4cc23)cc1. The summed E-state index contributed by atoms with van der Waals surface area (Å²) in [7, 11) is 0. The fourth-order valence-corrected chi connectivity index (χ4v) is 10.6. The number of benzene rings is 9. The molecule has 0 fully saturated rings. The van der Waals surface area contributed by atoms with Crippen LogP contribution in [0.1, 0.15) is 22.3 Å². The molecule has 54 heavy (non-hydrogen) atoms. The van der Waals surface area contributed by atoms with Crippen molar-refractivity contribution in [3.05, 3.63) is 210 Å². The average Bonchev–Trinajstić information content (AvgIpc) is 3.58. The van der Waals surface area contributed by atoms with Crippen molar-refractivity contribution in [2.45, 2.75) is 5.41 Å². The summed E-state index contributed by atoms with van der Waals surface area (Å²) in [6.45, 7) is 0. The fourth-order valence-electron chi connectivity index (χ4n) is 9.43. The van der Waals surface area contributed by atoms with Crippen molar-refractivity contribution >= 4 is 70.1 Å². The number of anilines is 3. The molecule has 0 saturated heterocycles. The highest BCUT2D eigenvalue weighted by atomic mass is 32.1. The number of hydrogen-bond acceptors (Lipinski definition) is 3. The summed E-state index contributed by atoms with van der Waals surface area (Å²) >= 11 is 1.87. The first-order valence-electron chi connectivity index (χ1n) is 18.5. The van der Waals surface area contributed by atoms with Crippen LogP contribution in [0.3, 0.4) is 0 Å². The van der Waals surface area contributed by atoms with Gasteiger partial charge in [0.1, 0.15) is 11.5 Å². The van der Waals surface area contributed by atoms with Gasteiger partial charge in [0, 0.05) is 48.4 Å². The Balaban J connectivity index is 1.13. The molecule has 2 aliphatic rings. The molecule has 1 aromatic heterocycles. The van der Waals surface area contributed by atoms with Gasteiger partial charge in [0.2, 0.25) is 0 Å². The molecule has 2 nitrogen and oxygen atoms in total. The molecule has 3 heteroatoms. The molecular formula is C51H31NOS. The molecular weight excluding hydrogens is 675 g/mol. The predicted molar refractivity (Wildman–Crippen MR) is 226 cm³/mol. The van der Waals surface area contributed by atoms with E-state index in [1.807, 2.05) is 11.3 Å². The molecule has 1 aliphatic heterocycles. The third-order valence-corrected chi connectivity index (χ3v) is 12.8. The highest BCUT2D eigenvalue weighted by molar-refractivity contribution is 7.25. The minimum Gasteiger partial charge on any atom is -0.457 e. The highest BCUT2D eigenvalue weighted by Gasteiger charge is 2.49. The second kappa shape index (κ2) is 11.2. The maximum atomic E-state index is 6.86. The molecule has 1 atom stereocenters. The zero-order valence-corrected chi connectivity index (χ0v) is 30.0. The van der Waals surface area contributed by atoms with Crippen molar-refractivity contribution in [2.75, 3.05) is 4.90 Å². The zero-order valence-electron chi connectivity index (χ0n) is 29.2. The molecule has 1 aliphatic carbocycles. The summed E-state index contributed by atoms with van der Waals surface area (Å²) in [5.41, 5.74) is 10.1. The van der Waals surface area contributed by atoms with Crippen LogP contribution in [0.25, 0.3) is 52.8 Å². The largest absolute Gasteiger partial charge is 0.457 e. The Morgan fingerprint density at radius 2 is 1.02 bits per heavy atom. The minimum absolute atomic E-state index is 0.607. The highest BCUT2D eigenvalue weighted by Crippen LogP contribution is 2.61. The molecule has 1 spiro atoms. The number of para-hydroxylation sites is 2. The fraction of sp³-hybridized carbons (Fsp3) is 0.0196. The van der Waals surface area contributed by atoms with Crippen LogP contribution in [0.4, 0.5) is 17.1 Å². The van der Waals surface area contributed by atoms with E-state index in [1.165, 1.54) is 64.0 Å². The van der Waals surface area contributed by atoms with E-state index in [9.17, 15) is 0 Å². The number of ether oxygens (including phenoxy) is 1. The van der Waals surface area contributed by atoms with Crippen LogP contribution in [-0.2, 0) is 5.41 Å². The number of thiophene rings is 1. The van der Waals surface area contributed by atoms with Crippen LogP contribution in [-0.4, -0.2) is 0 Å².